The van der Waals surface area contributed by atoms with Crippen molar-refractivity contribution >= 4 is 42.3 Å². The first-order valence-electron chi connectivity index (χ1n) is 13.8. The van der Waals surface area contributed by atoms with Gasteiger partial charge < -0.3 is 24.4 Å². The second-order valence-electron chi connectivity index (χ2n) is 10.9. The van der Waals surface area contributed by atoms with Crippen LogP contribution in [0.2, 0.25) is 0 Å². The third kappa shape index (κ3) is 7.44. The SMILES string of the molecule is Cc1nc(NC(C)C)c2ncn([C@@H]3O[C@](CCl)(COP(=O)(N[C@@H](C)C(=O)OC(C)C)Oc4ccccc4)[C@@H](O)[C@@H]3F)c2n1. The molecule has 13 nitrogen and oxygen atoms in total. The van der Waals surface area contributed by atoms with E-state index in [-0.39, 0.29) is 17.4 Å². The van der Waals surface area contributed by atoms with E-state index in [1.807, 2.05) is 13.8 Å². The molecule has 43 heavy (non-hydrogen) atoms. The first-order valence-corrected chi connectivity index (χ1v) is 15.9. The van der Waals surface area contributed by atoms with E-state index in [2.05, 4.69) is 25.4 Å². The van der Waals surface area contributed by atoms with Crippen molar-refractivity contribution in [1.29, 1.82) is 0 Å². The van der Waals surface area contributed by atoms with Gasteiger partial charge >= 0.3 is 13.7 Å². The van der Waals surface area contributed by atoms with Gasteiger partial charge in [0.05, 0.1) is 24.9 Å². The summed E-state index contributed by atoms with van der Waals surface area (Å²) in [5, 5.41) is 16.8. The molecule has 0 spiro atoms. The lowest BCUT2D eigenvalue weighted by molar-refractivity contribution is -0.149. The molecule has 4 rings (SSSR count). The molecular formula is C27H37ClFN6O7P. The van der Waals surface area contributed by atoms with Crippen LogP contribution in [-0.4, -0.2) is 79.1 Å². The minimum Gasteiger partial charge on any atom is -0.462 e. The number of aryl methyl sites for hydroxylation is 1. The molecule has 1 aromatic carbocycles. The maximum absolute atomic E-state index is 15.8. The maximum Gasteiger partial charge on any atom is 0.459 e. The Kier molecular flexibility index (Phi) is 10.3. The first-order chi connectivity index (χ1) is 20.3. The quantitative estimate of drug-likeness (QED) is 0.138. The number of benzene rings is 1. The number of aromatic nitrogens is 4. The van der Waals surface area contributed by atoms with Crippen LogP contribution in [0.5, 0.6) is 5.75 Å². The predicted octanol–water partition coefficient (Wildman–Crippen LogP) is 4.29. The zero-order valence-electron chi connectivity index (χ0n) is 24.7. The number of carbonyl (C=O) groups excluding carboxylic acids is 1. The highest BCUT2D eigenvalue weighted by molar-refractivity contribution is 7.52. The average Bonchev–Trinajstić information content (AvgIpc) is 3.46. The van der Waals surface area contributed by atoms with Crippen molar-refractivity contribution in [2.75, 3.05) is 17.8 Å². The number of anilines is 1. The molecule has 0 radical (unpaired) electrons. The molecule has 0 aliphatic carbocycles. The number of aliphatic hydroxyl groups is 1. The van der Waals surface area contributed by atoms with E-state index in [4.69, 9.17) is 30.1 Å². The lowest BCUT2D eigenvalue weighted by Gasteiger charge is -2.31. The second-order valence-corrected chi connectivity index (χ2v) is 12.8. The van der Waals surface area contributed by atoms with E-state index in [1.54, 1.807) is 39.0 Å². The van der Waals surface area contributed by atoms with E-state index in [1.165, 1.54) is 30.0 Å². The number of fused-ring (bicyclic) bond motifs is 1. The Morgan fingerprint density at radius 2 is 1.93 bits per heavy atom. The lowest BCUT2D eigenvalue weighted by Crippen LogP contribution is -2.48. The van der Waals surface area contributed by atoms with Crippen molar-refractivity contribution in [3.05, 3.63) is 42.5 Å². The molecule has 0 saturated carbocycles. The van der Waals surface area contributed by atoms with Gasteiger partial charge in [-0.3, -0.25) is 13.9 Å². The Morgan fingerprint density at radius 1 is 1.23 bits per heavy atom. The fourth-order valence-corrected chi connectivity index (χ4v) is 6.26. The number of esters is 1. The smallest absolute Gasteiger partial charge is 0.459 e. The number of imidazole rings is 1. The van der Waals surface area contributed by atoms with Gasteiger partial charge in [-0.15, -0.1) is 11.6 Å². The minimum absolute atomic E-state index is 0.0412. The first kappa shape index (κ1) is 33.0. The molecule has 3 heterocycles. The monoisotopic (exact) mass is 642 g/mol. The molecule has 1 saturated heterocycles. The molecule has 236 valence electrons. The van der Waals surface area contributed by atoms with Crippen molar-refractivity contribution in [2.24, 2.45) is 0 Å². The Morgan fingerprint density at radius 3 is 2.56 bits per heavy atom. The number of hydrogen-bond acceptors (Lipinski definition) is 11. The van der Waals surface area contributed by atoms with Crippen LogP contribution in [0.1, 0.15) is 46.7 Å². The molecule has 2 aromatic heterocycles. The number of aliphatic hydroxyl groups excluding tert-OH is 1. The normalized spacial score (nSPS) is 24.3. The molecular weight excluding hydrogens is 606 g/mol. The van der Waals surface area contributed by atoms with Gasteiger partial charge in [0.15, 0.2) is 29.4 Å². The van der Waals surface area contributed by atoms with Crippen LogP contribution in [0, 0.1) is 6.92 Å². The van der Waals surface area contributed by atoms with Crippen LogP contribution in [0.4, 0.5) is 10.2 Å². The van der Waals surface area contributed by atoms with Crippen LogP contribution in [0.3, 0.4) is 0 Å². The van der Waals surface area contributed by atoms with Crippen molar-refractivity contribution in [1.82, 2.24) is 24.6 Å². The number of rotatable bonds is 13. The summed E-state index contributed by atoms with van der Waals surface area (Å²) >= 11 is 6.26. The highest BCUT2D eigenvalue weighted by Gasteiger charge is 2.57. The summed E-state index contributed by atoms with van der Waals surface area (Å²) in [4.78, 5) is 25.6. The van der Waals surface area contributed by atoms with Crippen LogP contribution >= 0.6 is 19.3 Å². The zero-order valence-corrected chi connectivity index (χ0v) is 26.4. The van der Waals surface area contributed by atoms with Crippen LogP contribution in [0.15, 0.2) is 36.7 Å². The summed E-state index contributed by atoms with van der Waals surface area (Å²) in [7, 11) is -4.37. The number of nitrogens with zero attached hydrogens (tertiary/aromatic N) is 4. The van der Waals surface area contributed by atoms with Gasteiger partial charge in [-0.2, -0.15) is 5.09 Å². The van der Waals surface area contributed by atoms with Gasteiger partial charge in [0.25, 0.3) is 0 Å². The highest BCUT2D eigenvalue weighted by atomic mass is 35.5. The number of carbonyl (C=O) groups is 1. The summed E-state index contributed by atoms with van der Waals surface area (Å²) in [5.74, 6) is -0.0927. The minimum atomic E-state index is -4.37. The third-order valence-electron chi connectivity index (χ3n) is 6.43. The number of para-hydroxylation sites is 1. The molecule has 1 fully saturated rings. The van der Waals surface area contributed by atoms with Crippen LogP contribution in [-0.2, 0) is 23.4 Å². The van der Waals surface area contributed by atoms with Gasteiger partial charge in [-0.1, -0.05) is 18.2 Å². The van der Waals surface area contributed by atoms with E-state index in [9.17, 15) is 14.5 Å². The molecule has 1 aliphatic heterocycles. The number of hydrogen-bond donors (Lipinski definition) is 3. The van der Waals surface area contributed by atoms with Gasteiger partial charge in [0.2, 0.25) is 0 Å². The summed E-state index contributed by atoms with van der Waals surface area (Å²) in [6.07, 6.45) is -4.30. The second kappa shape index (κ2) is 13.4. The van der Waals surface area contributed by atoms with Crippen LogP contribution in [0.25, 0.3) is 11.2 Å². The largest absolute Gasteiger partial charge is 0.462 e. The van der Waals surface area contributed by atoms with Crippen molar-refractivity contribution in [3.63, 3.8) is 0 Å². The number of nitrogens with one attached hydrogen (secondary N) is 2. The topological polar surface area (TPSA) is 159 Å². The van der Waals surface area contributed by atoms with Crippen molar-refractivity contribution < 1.29 is 37.4 Å². The van der Waals surface area contributed by atoms with Crippen molar-refractivity contribution in [3.8, 4) is 5.75 Å². The fraction of sp³-hybridized carbons (Fsp3) is 0.556. The molecule has 1 unspecified atom stereocenters. The van der Waals surface area contributed by atoms with E-state index in [0.717, 1.165) is 0 Å². The number of ether oxygens (including phenoxy) is 2. The van der Waals surface area contributed by atoms with Gasteiger partial charge in [0, 0.05) is 6.04 Å². The maximum atomic E-state index is 15.8. The summed E-state index contributed by atoms with van der Waals surface area (Å²) < 4.78 is 53.7. The van der Waals surface area contributed by atoms with E-state index >= 15 is 4.39 Å². The Labute approximate surface area is 254 Å². The molecule has 6 atom stereocenters. The van der Waals surface area contributed by atoms with E-state index < -0.39 is 62.5 Å². The standard InChI is InChI=1S/C27H37ClFN6O7P/c1-15(2)31-23-21-24(33-18(6)32-23)35(14-30-21)25-20(29)22(36)27(12-28,41-25)13-39-43(38,42-19-10-8-7-9-11-19)34-17(5)26(37)40-16(3)4/h7-11,14-17,20,22,25,36H,12-13H2,1-6H3,(H,34,38)(H,31,32,33)/t17-,20-,22-,25+,27+,43?/m0/s1. The molecule has 3 N–H and O–H groups in total. The predicted molar refractivity (Wildman–Crippen MR) is 158 cm³/mol. The Balaban J connectivity index is 1.61. The van der Waals surface area contributed by atoms with Crippen LogP contribution < -0.4 is 14.9 Å². The molecule has 1 aliphatic rings. The molecule has 0 bridgehead atoms. The average molecular weight is 643 g/mol. The third-order valence-corrected chi connectivity index (χ3v) is 8.51. The van der Waals surface area contributed by atoms with Crippen molar-refractivity contribution in [2.45, 2.75) is 83.8 Å². The highest BCUT2D eigenvalue weighted by Crippen LogP contribution is 2.49. The Bertz CT molecular complexity index is 1460. The van der Waals surface area contributed by atoms with Gasteiger partial charge in [-0.05, 0) is 53.7 Å². The van der Waals surface area contributed by atoms with E-state index in [0.29, 0.717) is 17.2 Å². The summed E-state index contributed by atoms with van der Waals surface area (Å²) in [6, 6.07) is 7.04. The van der Waals surface area contributed by atoms with Gasteiger partial charge in [0.1, 0.15) is 29.3 Å². The molecule has 0 amide bonds. The molecule has 16 heteroatoms. The van der Waals surface area contributed by atoms with Gasteiger partial charge in [-0.25, -0.2) is 23.9 Å². The Hall–Kier alpha value is -2.87. The summed E-state index contributed by atoms with van der Waals surface area (Å²) in [5.41, 5.74) is -1.21. The number of alkyl halides is 2. The summed E-state index contributed by atoms with van der Waals surface area (Å²) in [6.45, 7) is 9.67. The number of halogens is 2. The molecule has 3 aromatic rings. The fourth-order valence-electron chi connectivity index (χ4n) is 4.41. The lowest BCUT2D eigenvalue weighted by atomic mass is 9.99. The zero-order chi connectivity index (χ0) is 31.5.